The Morgan fingerprint density at radius 1 is 1.16 bits per heavy atom. The smallest absolute Gasteiger partial charge is 0.340 e. The van der Waals surface area contributed by atoms with Crippen LogP contribution >= 0.6 is 11.3 Å². The third-order valence-electron chi connectivity index (χ3n) is 4.49. The second kappa shape index (κ2) is 8.80. The fourth-order valence-electron chi connectivity index (χ4n) is 3.01. The summed E-state index contributed by atoms with van der Waals surface area (Å²) < 4.78 is 11.4. The summed E-state index contributed by atoms with van der Waals surface area (Å²) in [6.45, 7) is 0.216. The van der Waals surface area contributed by atoms with E-state index in [4.69, 9.17) is 15.2 Å². The topological polar surface area (TPSA) is 116 Å². The number of hydrogen-bond acceptors (Lipinski definition) is 8. The van der Waals surface area contributed by atoms with Crippen LogP contribution in [-0.4, -0.2) is 29.0 Å². The number of nitrogens with zero attached hydrogens (tertiary/aromatic N) is 2. The van der Waals surface area contributed by atoms with Crippen LogP contribution in [0.15, 0.2) is 60.2 Å². The molecule has 0 fully saturated rings. The number of hydrogen-bond donors (Lipinski definition) is 2. The SMILES string of the molecule is COC(=O)c1cnc(N)c2c(COc3cccc(NC(=O)c4ccccn4)c3)csc12. The van der Waals surface area contributed by atoms with Crippen LogP contribution in [0.4, 0.5) is 11.5 Å². The van der Waals surface area contributed by atoms with Crippen LogP contribution in [0.25, 0.3) is 10.1 Å². The zero-order valence-electron chi connectivity index (χ0n) is 16.5. The van der Waals surface area contributed by atoms with Crippen molar-refractivity contribution in [2.75, 3.05) is 18.2 Å². The molecule has 9 heteroatoms. The number of nitrogen functional groups attached to an aromatic ring is 1. The molecular weight excluding hydrogens is 416 g/mol. The van der Waals surface area contributed by atoms with Crippen LogP contribution in [0, 0.1) is 0 Å². The van der Waals surface area contributed by atoms with Gasteiger partial charge >= 0.3 is 5.97 Å². The molecule has 0 saturated heterocycles. The van der Waals surface area contributed by atoms with E-state index in [2.05, 4.69) is 15.3 Å². The van der Waals surface area contributed by atoms with E-state index in [0.717, 1.165) is 5.56 Å². The normalized spacial score (nSPS) is 10.6. The van der Waals surface area contributed by atoms with Gasteiger partial charge in [0.25, 0.3) is 5.91 Å². The van der Waals surface area contributed by atoms with Gasteiger partial charge in [0.1, 0.15) is 23.9 Å². The van der Waals surface area contributed by atoms with Crippen molar-refractivity contribution >= 4 is 44.8 Å². The van der Waals surface area contributed by atoms with E-state index in [9.17, 15) is 9.59 Å². The lowest BCUT2D eigenvalue weighted by atomic mass is 10.1. The molecule has 0 aliphatic carbocycles. The van der Waals surface area contributed by atoms with Gasteiger partial charge in [0.2, 0.25) is 0 Å². The lowest BCUT2D eigenvalue weighted by Crippen LogP contribution is -2.13. The van der Waals surface area contributed by atoms with Gasteiger partial charge in [0.05, 0.1) is 17.4 Å². The summed E-state index contributed by atoms with van der Waals surface area (Å²) in [5, 5.41) is 5.35. The molecule has 0 aliphatic heterocycles. The Morgan fingerprint density at radius 2 is 2.03 bits per heavy atom. The second-order valence-corrected chi connectivity index (χ2v) is 7.38. The first-order chi connectivity index (χ1) is 15.1. The Morgan fingerprint density at radius 3 is 2.81 bits per heavy atom. The minimum absolute atomic E-state index is 0.216. The van der Waals surface area contributed by atoms with Gasteiger partial charge in [-0.15, -0.1) is 11.3 Å². The van der Waals surface area contributed by atoms with E-state index >= 15 is 0 Å². The fourth-order valence-corrected chi connectivity index (χ4v) is 4.07. The number of benzene rings is 1. The van der Waals surface area contributed by atoms with E-state index in [1.165, 1.54) is 24.6 Å². The monoisotopic (exact) mass is 434 g/mol. The molecular formula is C22H18N4O4S. The summed E-state index contributed by atoms with van der Waals surface area (Å²) in [5.74, 6) is 0.103. The average molecular weight is 434 g/mol. The Labute approximate surface area is 181 Å². The number of esters is 1. The number of nitrogens with two attached hydrogens (primary N) is 1. The maximum Gasteiger partial charge on any atom is 0.340 e. The maximum atomic E-state index is 12.3. The molecule has 8 nitrogen and oxygen atoms in total. The van der Waals surface area contributed by atoms with Crippen LogP contribution in [0.1, 0.15) is 26.4 Å². The van der Waals surface area contributed by atoms with Crippen LogP contribution < -0.4 is 15.8 Å². The number of pyridine rings is 2. The van der Waals surface area contributed by atoms with Crippen molar-refractivity contribution < 1.29 is 19.1 Å². The summed E-state index contributed by atoms with van der Waals surface area (Å²) >= 11 is 1.38. The quantitative estimate of drug-likeness (QED) is 0.442. The lowest BCUT2D eigenvalue weighted by molar-refractivity contribution is 0.0602. The molecule has 0 aliphatic rings. The predicted molar refractivity (Wildman–Crippen MR) is 118 cm³/mol. The number of ether oxygens (including phenoxy) is 2. The molecule has 4 aromatic rings. The van der Waals surface area contributed by atoms with E-state index < -0.39 is 5.97 Å². The highest BCUT2D eigenvalue weighted by atomic mass is 32.1. The summed E-state index contributed by atoms with van der Waals surface area (Å²) in [4.78, 5) is 32.4. The van der Waals surface area contributed by atoms with Crippen molar-refractivity contribution in [3.8, 4) is 5.75 Å². The molecule has 0 radical (unpaired) electrons. The molecule has 0 atom stereocenters. The Kier molecular flexibility index (Phi) is 5.76. The number of amides is 1. The van der Waals surface area contributed by atoms with Gasteiger partial charge in [-0.25, -0.2) is 9.78 Å². The average Bonchev–Trinajstić information content (AvgIpc) is 3.23. The molecule has 3 N–H and O–H groups in total. The minimum Gasteiger partial charge on any atom is -0.489 e. The van der Waals surface area contributed by atoms with Crippen molar-refractivity contribution in [1.29, 1.82) is 0 Å². The molecule has 156 valence electrons. The van der Waals surface area contributed by atoms with Gasteiger partial charge in [-0.2, -0.15) is 0 Å². The molecule has 3 aromatic heterocycles. The van der Waals surface area contributed by atoms with Crippen molar-refractivity contribution in [3.63, 3.8) is 0 Å². The molecule has 1 amide bonds. The van der Waals surface area contributed by atoms with Crippen LogP contribution in [0.3, 0.4) is 0 Å². The number of methoxy groups -OCH3 is 1. The predicted octanol–water partition coefficient (Wildman–Crippen LogP) is 3.89. The summed E-state index contributed by atoms with van der Waals surface area (Å²) in [5.41, 5.74) is 8.12. The first-order valence-electron chi connectivity index (χ1n) is 9.25. The number of thiophene rings is 1. The molecule has 31 heavy (non-hydrogen) atoms. The highest BCUT2D eigenvalue weighted by molar-refractivity contribution is 7.17. The Hall–Kier alpha value is -3.98. The van der Waals surface area contributed by atoms with Crippen LogP contribution in [0.2, 0.25) is 0 Å². The van der Waals surface area contributed by atoms with Crippen molar-refractivity contribution in [3.05, 3.63) is 77.1 Å². The van der Waals surface area contributed by atoms with E-state index in [1.807, 2.05) is 5.38 Å². The minimum atomic E-state index is -0.469. The van der Waals surface area contributed by atoms with Gasteiger partial charge in [-0.05, 0) is 29.6 Å². The van der Waals surface area contributed by atoms with Gasteiger partial charge in [-0.1, -0.05) is 12.1 Å². The number of nitrogens with one attached hydrogen (secondary N) is 1. The molecule has 4 rings (SSSR count). The third-order valence-corrected chi connectivity index (χ3v) is 5.55. The van der Waals surface area contributed by atoms with E-state index in [0.29, 0.717) is 38.6 Å². The number of anilines is 2. The number of aromatic nitrogens is 2. The summed E-state index contributed by atoms with van der Waals surface area (Å²) in [6.07, 6.45) is 2.98. The van der Waals surface area contributed by atoms with Gasteiger partial charge in [-0.3, -0.25) is 9.78 Å². The lowest BCUT2D eigenvalue weighted by Gasteiger charge is -2.09. The zero-order chi connectivity index (χ0) is 21.8. The second-order valence-electron chi connectivity index (χ2n) is 6.50. The summed E-state index contributed by atoms with van der Waals surface area (Å²) in [6, 6.07) is 12.2. The van der Waals surface area contributed by atoms with Crippen molar-refractivity contribution in [2.24, 2.45) is 0 Å². The molecule has 0 saturated carbocycles. The maximum absolute atomic E-state index is 12.3. The highest BCUT2D eigenvalue weighted by Gasteiger charge is 2.18. The Bertz CT molecular complexity index is 1260. The molecule has 1 aromatic carbocycles. The van der Waals surface area contributed by atoms with Crippen molar-refractivity contribution in [1.82, 2.24) is 9.97 Å². The molecule has 3 heterocycles. The van der Waals surface area contributed by atoms with Gasteiger partial charge in [0.15, 0.2) is 0 Å². The molecule has 0 spiro atoms. The van der Waals surface area contributed by atoms with Gasteiger partial charge in [0, 0.05) is 35.1 Å². The van der Waals surface area contributed by atoms with Crippen molar-refractivity contribution in [2.45, 2.75) is 6.61 Å². The first kappa shape index (κ1) is 20.3. The van der Waals surface area contributed by atoms with Gasteiger partial charge < -0.3 is 20.5 Å². The highest BCUT2D eigenvalue weighted by Crippen LogP contribution is 2.33. The number of carbonyl (C=O) groups is 2. The van der Waals surface area contributed by atoms with E-state index in [-0.39, 0.29) is 12.5 Å². The van der Waals surface area contributed by atoms with Crippen LogP contribution in [0.5, 0.6) is 5.75 Å². The van der Waals surface area contributed by atoms with E-state index in [1.54, 1.807) is 48.7 Å². The molecule has 0 bridgehead atoms. The Balaban J connectivity index is 1.51. The summed E-state index contributed by atoms with van der Waals surface area (Å²) in [7, 11) is 1.32. The number of rotatable bonds is 6. The zero-order valence-corrected chi connectivity index (χ0v) is 17.3. The fraction of sp³-hybridized carbons (Fsp3) is 0.0909. The number of carbonyl (C=O) groups excluding carboxylic acids is 2. The first-order valence-corrected chi connectivity index (χ1v) is 10.1. The largest absolute Gasteiger partial charge is 0.489 e. The standard InChI is InChI=1S/C22H18N4O4S/c1-29-22(28)16-10-25-20(23)18-13(12-31-19(16)18)11-30-15-6-4-5-14(9-15)26-21(27)17-7-2-3-8-24-17/h2-10,12H,11H2,1H3,(H2,23,25)(H,26,27). The molecule has 0 unspecified atom stereocenters. The number of fused-ring (bicyclic) bond motifs is 1. The van der Waals surface area contributed by atoms with Crippen LogP contribution in [-0.2, 0) is 11.3 Å². The third kappa shape index (κ3) is 4.31.